The van der Waals surface area contributed by atoms with E-state index in [0.29, 0.717) is 0 Å². The normalized spacial score (nSPS) is 13.6. The average molecular weight is 176 g/mol. The molecule has 0 bridgehead atoms. The molecule has 0 saturated carbocycles. The van der Waals surface area contributed by atoms with Crippen LogP contribution in [0.4, 0.5) is 13.2 Å². The van der Waals surface area contributed by atoms with Crippen LogP contribution in [0, 0.1) is 0 Å². The number of nitrogens with two attached hydrogens (primary N) is 1. The van der Waals surface area contributed by atoms with Crippen LogP contribution in [0.5, 0.6) is 0 Å². The third kappa shape index (κ3) is 4.64. The number of rotatable bonds is 2. The van der Waals surface area contributed by atoms with Gasteiger partial charge >= 0.3 is 6.18 Å². The van der Waals surface area contributed by atoms with E-state index in [1.165, 1.54) is 0 Å². The monoisotopic (exact) mass is 175 g/mol. The SMILES string of the molecule is C=CCC(N)C(F)(F)F.Cl. The molecule has 0 aliphatic carbocycles. The van der Waals surface area contributed by atoms with Gasteiger partial charge in [0.25, 0.3) is 0 Å². The summed E-state index contributed by atoms with van der Waals surface area (Å²) in [6.45, 7) is 3.13. The van der Waals surface area contributed by atoms with Gasteiger partial charge in [-0.2, -0.15) is 13.2 Å². The Balaban J connectivity index is 0. The second-order valence-electron chi connectivity index (χ2n) is 1.67. The van der Waals surface area contributed by atoms with Gasteiger partial charge in [0.15, 0.2) is 0 Å². The highest BCUT2D eigenvalue weighted by Gasteiger charge is 2.35. The third-order valence-electron chi connectivity index (χ3n) is 0.841. The van der Waals surface area contributed by atoms with Gasteiger partial charge in [-0.05, 0) is 6.42 Å². The Morgan fingerprint density at radius 3 is 2.00 bits per heavy atom. The molecule has 62 valence electrons. The van der Waals surface area contributed by atoms with Gasteiger partial charge in [-0.25, -0.2) is 0 Å². The number of alkyl halides is 3. The Morgan fingerprint density at radius 1 is 1.50 bits per heavy atom. The Bertz CT molecular complexity index is 102. The molecule has 0 aromatic heterocycles. The fraction of sp³-hybridized carbons (Fsp3) is 0.600. The summed E-state index contributed by atoms with van der Waals surface area (Å²) in [5.41, 5.74) is 4.66. The van der Waals surface area contributed by atoms with E-state index in [1.54, 1.807) is 0 Å². The van der Waals surface area contributed by atoms with E-state index < -0.39 is 12.2 Å². The second-order valence-corrected chi connectivity index (χ2v) is 1.67. The largest absolute Gasteiger partial charge is 0.403 e. The Hall–Kier alpha value is -0.220. The van der Waals surface area contributed by atoms with Crippen molar-refractivity contribution in [1.82, 2.24) is 0 Å². The van der Waals surface area contributed by atoms with Crippen LogP contribution in [0.15, 0.2) is 12.7 Å². The molecule has 0 spiro atoms. The minimum absolute atomic E-state index is 0. The van der Waals surface area contributed by atoms with Crippen molar-refractivity contribution in [2.75, 3.05) is 0 Å². The van der Waals surface area contributed by atoms with Gasteiger partial charge in [0, 0.05) is 0 Å². The molecule has 0 aliphatic heterocycles. The lowest BCUT2D eigenvalue weighted by molar-refractivity contribution is -0.146. The first-order valence-corrected chi connectivity index (χ1v) is 2.41. The molecule has 0 fully saturated rings. The van der Waals surface area contributed by atoms with Crippen LogP contribution in [0.3, 0.4) is 0 Å². The van der Waals surface area contributed by atoms with Gasteiger partial charge in [0.05, 0.1) is 0 Å². The van der Waals surface area contributed by atoms with Crippen LogP contribution in [0.1, 0.15) is 6.42 Å². The summed E-state index contributed by atoms with van der Waals surface area (Å²) in [6.07, 6.45) is -3.35. The average Bonchev–Trinajstić information content (AvgIpc) is 1.64. The maximum absolute atomic E-state index is 11.5. The summed E-state index contributed by atoms with van der Waals surface area (Å²) < 4.78 is 34.4. The van der Waals surface area contributed by atoms with E-state index in [0.717, 1.165) is 6.08 Å². The highest BCUT2D eigenvalue weighted by Crippen LogP contribution is 2.20. The molecule has 5 heteroatoms. The summed E-state index contributed by atoms with van der Waals surface area (Å²) in [5, 5.41) is 0. The Kier molecular flexibility index (Phi) is 5.70. The van der Waals surface area contributed by atoms with Crippen molar-refractivity contribution in [3.63, 3.8) is 0 Å². The summed E-state index contributed by atoms with van der Waals surface area (Å²) in [5.74, 6) is 0. The predicted octanol–water partition coefficient (Wildman–Crippen LogP) is 1.87. The fourth-order valence-corrected chi connectivity index (χ4v) is 0.313. The van der Waals surface area contributed by atoms with Gasteiger partial charge < -0.3 is 5.73 Å². The topological polar surface area (TPSA) is 26.0 Å². The maximum atomic E-state index is 11.5. The standard InChI is InChI=1S/C5H8F3N.ClH/c1-2-3-4(9)5(6,7)8;/h2,4H,1,3,9H2;1H. The number of halogens is 4. The Morgan fingerprint density at radius 2 is 1.90 bits per heavy atom. The highest BCUT2D eigenvalue weighted by molar-refractivity contribution is 5.85. The van der Waals surface area contributed by atoms with Crippen molar-refractivity contribution in [2.45, 2.75) is 18.6 Å². The molecule has 0 radical (unpaired) electrons. The van der Waals surface area contributed by atoms with Crippen LogP contribution in [0.25, 0.3) is 0 Å². The van der Waals surface area contributed by atoms with Gasteiger partial charge in [0.2, 0.25) is 0 Å². The molecule has 1 atom stereocenters. The van der Waals surface area contributed by atoms with E-state index in [9.17, 15) is 13.2 Å². The molecule has 0 aliphatic rings. The summed E-state index contributed by atoms with van der Waals surface area (Å²) in [4.78, 5) is 0. The first kappa shape index (κ1) is 12.5. The lowest BCUT2D eigenvalue weighted by Crippen LogP contribution is -2.36. The van der Waals surface area contributed by atoms with Gasteiger partial charge in [-0.15, -0.1) is 19.0 Å². The van der Waals surface area contributed by atoms with E-state index >= 15 is 0 Å². The third-order valence-corrected chi connectivity index (χ3v) is 0.841. The van der Waals surface area contributed by atoms with Crippen LogP contribution in [-0.4, -0.2) is 12.2 Å². The molecule has 0 heterocycles. The summed E-state index contributed by atoms with van der Waals surface area (Å²) >= 11 is 0. The van der Waals surface area contributed by atoms with Crippen molar-refractivity contribution in [3.8, 4) is 0 Å². The zero-order valence-electron chi connectivity index (χ0n) is 5.19. The lowest BCUT2D eigenvalue weighted by atomic mass is 10.2. The molecule has 1 unspecified atom stereocenters. The smallest absolute Gasteiger partial charge is 0.320 e. The van der Waals surface area contributed by atoms with Gasteiger partial charge in [-0.1, -0.05) is 6.08 Å². The molecule has 1 nitrogen and oxygen atoms in total. The molecule has 0 aromatic carbocycles. The van der Waals surface area contributed by atoms with Crippen molar-refractivity contribution in [1.29, 1.82) is 0 Å². The molecule has 0 aromatic rings. The van der Waals surface area contributed by atoms with Crippen molar-refractivity contribution in [2.24, 2.45) is 5.73 Å². The quantitative estimate of drug-likeness (QED) is 0.638. The van der Waals surface area contributed by atoms with E-state index in [-0.39, 0.29) is 18.8 Å². The molecule has 0 saturated heterocycles. The molecular formula is C5H9ClF3N. The van der Waals surface area contributed by atoms with Crippen LogP contribution >= 0.6 is 12.4 Å². The minimum atomic E-state index is -4.28. The molecule has 0 amide bonds. The summed E-state index contributed by atoms with van der Waals surface area (Å²) in [7, 11) is 0. The zero-order valence-corrected chi connectivity index (χ0v) is 6.00. The first-order valence-electron chi connectivity index (χ1n) is 2.41. The Labute approximate surface area is 63.5 Å². The fourth-order valence-electron chi connectivity index (χ4n) is 0.313. The molecular weight excluding hydrogens is 167 g/mol. The zero-order chi connectivity index (χ0) is 7.49. The molecule has 0 rings (SSSR count). The highest BCUT2D eigenvalue weighted by atomic mass is 35.5. The van der Waals surface area contributed by atoms with Gasteiger partial charge in [-0.3, -0.25) is 0 Å². The van der Waals surface area contributed by atoms with E-state index in [1.807, 2.05) is 0 Å². The molecule has 10 heavy (non-hydrogen) atoms. The maximum Gasteiger partial charge on any atom is 0.403 e. The first-order chi connectivity index (χ1) is 3.98. The van der Waals surface area contributed by atoms with Crippen LogP contribution < -0.4 is 5.73 Å². The number of hydrogen-bond donors (Lipinski definition) is 1. The van der Waals surface area contributed by atoms with Crippen LogP contribution in [-0.2, 0) is 0 Å². The van der Waals surface area contributed by atoms with E-state index in [2.05, 4.69) is 12.3 Å². The minimum Gasteiger partial charge on any atom is -0.320 e. The van der Waals surface area contributed by atoms with Crippen molar-refractivity contribution >= 4 is 12.4 Å². The lowest BCUT2D eigenvalue weighted by Gasteiger charge is -2.12. The second kappa shape index (κ2) is 4.57. The van der Waals surface area contributed by atoms with Gasteiger partial charge in [0.1, 0.15) is 6.04 Å². The molecule has 2 N–H and O–H groups in total. The van der Waals surface area contributed by atoms with Crippen molar-refractivity contribution < 1.29 is 13.2 Å². The van der Waals surface area contributed by atoms with Crippen LogP contribution in [0.2, 0.25) is 0 Å². The predicted molar refractivity (Wildman–Crippen MR) is 36.1 cm³/mol. The number of hydrogen-bond acceptors (Lipinski definition) is 1. The van der Waals surface area contributed by atoms with Crippen molar-refractivity contribution in [3.05, 3.63) is 12.7 Å². The summed E-state index contributed by atoms with van der Waals surface area (Å²) in [6, 6.07) is -1.75. The van der Waals surface area contributed by atoms with E-state index in [4.69, 9.17) is 0 Å².